The number of para-hydroxylation sites is 1. The van der Waals surface area contributed by atoms with Crippen molar-refractivity contribution in [3.05, 3.63) is 82.3 Å². The van der Waals surface area contributed by atoms with Crippen molar-refractivity contribution in [2.45, 2.75) is 13.1 Å². The number of carbonyl (C=O) groups excluding carboxylic acids is 1. The summed E-state index contributed by atoms with van der Waals surface area (Å²) in [4.78, 5) is 20.6. The van der Waals surface area contributed by atoms with Crippen LogP contribution in [0.1, 0.15) is 25.9 Å². The summed E-state index contributed by atoms with van der Waals surface area (Å²) >= 11 is 0.707. The molecule has 0 unspecified atom stereocenters. The number of amides is 1. The number of anilines is 1. The number of nitrogens with zero attached hydrogens (tertiary/aromatic N) is 2. The number of rotatable bonds is 7. The van der Waals surface area contributed by atoms with Gasteiger partial charge in [0.05, 0.1) is 11.2 Å². The first kappa shape index (κ1) is 22.2. The molecule has 5 nitrogen and oxygen atoms in total. The van der Waals surface area contributed by atoms with Gasteiger partial charge in [0, 0.05) is 11.3 Å². The average molecular weight is 445 g/mol. The third-order valence-corrected chi connectivity index (χ3v) is 5.04. The number of hydrogen-bond donors (Lipinski definition) is 1. The van der Waals surface area contributed by atoms with Crippen LogP contribution in [0.2, 0.25) is 0 Å². The summed E-state index contributed by atoms with van der Waals surface area (Å²) in [6.07, 6.45) is -1.58. The van der Waals surface area contributed by atoms with Crippen molar-refractivity contribution in [2.24, 2.45) is 5.16 Å². The minimum atomic E-state index is -4.70. The lowest BCUT2D eigenvalue weighted by Crippen LogP contribution is -2.17. The predicted molar refractivity (Wildman–Crippen MR) is 115 cm³/mol. The van der Waals surface area contributed by atoms with Crippen LogP contribution in [-0.2, 0) is 11.0 Å². The number of benzene rings is 2. The lowest BCUT2D eigenvalue weighted by molar-refractivity contribution is -0.141. The Kier molecular flexibility index (Phi) is 6.86. The molecule has 1 N–H and O–H groups in total. The number of halogens is 3. The van der Waals surface area contributed by atoms with Gasteiger partial charge in [-0.1, -0.05) is 60.3 Å². The van der Waals surface area contributed by atoms with Crippen molar-refractivity contribution in [3.8, 4) is 11.1 Å². The lowest BCUT2D eigenvalue weighted by Gasteiger charge is -2.12. The monoisotopic (exact) mass is 445 g/mol. The topological polar surface area (TPSA) is 63.6 Å². The van der Waals surface area contributed by atoms with Crippen LogP contribution in [0, 0.1) is 6.92 Å². The van der Waals surface area contributed by atoms with Crippen molar-refractivity contribution in [1.29, 1.82) is 0 Å². The maximum Gasteiger partial charge on any atom is 0.435 e. The molecular weight excluding hydrogens is 427 g/mol. The highest BCUT2D eigenvalue weighted by molar-refractivity contribution is 7.13. The average Bonchev–Trinajstić information content (AvgIpc) is 3.15. The number of thiazole rings is 1. The fourth-order valence-electron chi connectivity index (χ4n) is 2.74. The second kappa shape index (κ2) is 9.57. The second-order valence-electron chi connectivity index (χ2n) is 6.35. The van der Waals surface area contributed by atoms with E-state index in [0.717, 1.165) is 11.1 Å². The van der Waals surface area contributed by atoms with Gasteiger partial charge in [0.15, 0.2) is 5.69 Å². The van der Waals surface area contributed by atoms with E-state index in [2.05, 4.69) is 22.0 Å². The fourth-order valence-corrected chi connectivity index (χ4v) is 3.57. The first-order valence-corrected chi connectivity index (χ1v) is 9.93. The number of hydrogen-bond acceptors (Lipinski definition) is 5. The van der Waals surface area contributed by atoms with E-state index in [1.807, 2.05) is 24.3 Å². The van der Waals surface area contributed by atoms with Crippen molar-refractivity contribution in [1.82, 2.24) is 4.98 Å². The van der Waals surface area contributed by atoms with E-state index >= 15 is 0 Å². The summed E-state index contributed by atoms with van der Waals surface area (Å²) in [6.45, 7) is 5.26. The zero-order valence-electron chi connectivity index (χ0n) is 16.4. The molecule has 1 aromatic heterocycles. The minimum Gasteiger partial charge on any atom is -0.392 e. The van der Waals surface area contributed by atoms with Crippen LogP contribution in [0.5, 0.6) is 0 Å². The second-order valence-corrected chi connectivity index (χ2v) is 7.55. The van der Waals surface area contributed by atoms with Gasteiger partial charge in [-0.2, -0.15) is 13.2 Å². The summed E-state index contributed by atoms with van der Waals surface area (Å²) in [7, 11) is 0. The Morgan fingerprint density at radius 1 is 1.23 bits per heavy atom. The van der Waals surface area contributed by atoms with E-state index in [4.69, 9.17) is 4.84 Å². The highest BCUT2D eigenvalue weighted by atomic mass is 32.1. The molecule has 160 valence electrons. The Bertz CT molecular complexity index is 1110. The molecule has 9 heteroatoms. The smallest absolute Gasteiger partial charge is 0.392 e. The molecule has 0 radical (unpaired) electrons. The van der Waals surface area contributed by atoms with E-state index in [0.29, 0.717) is 29.2 Å². The minimum absolute atomic E-state index is 0.167. The molecule has 0 spiro atoms. The molecule has 0 aliphatic carbocycles. The van der Waals surface area contributed by atoms with E-state index in [1.165, 1.54) is 6.92 Å². The van der Waals surface area contributed by atoms with E-state index < -0.39 is 22.7 Å². The lowest BCUT2D eigenvalue weighted by atomic mass is 10.0. The summed E-state index contributed by atoms with van der Waals surface area (Å²) in [5.41, 5.74) is 1.45. The Morgan fingerprint density at radius 3 is 2.61 bits per heavy atom. The standard InChI is InChI=1S/C22H18F3N3O2S/c1-3-12-30-26-13-15-8-10-16(11-9-15)17-6-4-5-7-18(17)28-21(29)19-20(22(23,24)25)27-14(2)31-19/h3-11,13H,1,12H2,2H3,(H,28,29). The first-order valence-electron chi connectivity index (χ1n) is 9.11. The quantitative estimate of drug-likeness (QED) is 0.212. The molecule has 0 bridgehead atoms. The molecule has 0 aliphatic rings. The van der Waals surface area contributed by atoms with E-state index in [9.17, 15) is 18.0 Å². The summed E-state index contributed by atoms with van der Waals surface area (Å²) in [5, 5.41) is 6.56. The van der Waals surface area contributed by atoms with Gasteiger partial charge in [-0.3, -0.25) is 4.79 Å². The van der Waals surface area contributed by atoms with Crippen molar-refractivity contribution in [3.63, 3.8) is 0 Å². The van der Waals surface area contributed by atoms with E-state index in [1.54, 1.807) is 36.6 Å². The Morgan fingerprint density at radius 2 is 1.94 bits per heavy atom. The molecule has 31 heavy (non-hydrogen) atoms. The SMILES string of the molecule is C=CCON=Cc1ccc(-c2ccccc2NC(=O)c2sc(C)nc2C(F)(F)F)cc1. The Balaban J connectivity index is 1.84. The molecule has 1 heterocycles. The van der Waals surface area contributed by atoms with Crippen molar-refractivity contribution >= 4 is 29.1 Å². The van der Waals surface area contributed by atoms with Crippen LogP contribution in [0.4, 0.5) is 18.9 Å². The van der Waals surface area contributed by atoms with Crippen LogP contribution in [-0.4, -0.2) is 23.7 Å². The highest BCUT2D eigenvalue weighted by Crippen LogP contribution is 2.35. The number of alkyl halides is 3. The number of carbonyl (C=O) groups is 1. The summed E-state index contributed by atoms with van der Waals surface area (Å²) in [5.74, 6) is -0.853. The van der Waals surface area contributed by atoms with Gasteiger partial charge in [0.2, 0.25) is 0 Å². The fraction of sp³-hybridized carbons (Fsp3) is 0.136. The van der Waals surface area contributed by atoms with Gasteiger partial charge < -0.3 is 10.2 Å². The maximum atomic E-state index is 13.2. The number of nitrogens with one attached hydrogen (secondary N) is 1. The third kappa shape index (κ3) is 5.58. The highest BCUT2D eigenvalue weighted by Gasteiger charge is 2.39. The molecule has 1 amide bonds. The molecule has 0 saturated carbocycles. The van der Waals surface area contributed by atoms with Gasteiger partial charge in [-0.05, 0) is 24.1 Å². The zero-order chi connectivity index (χ0) is 22.4. The van der Waals surface area contributed by atoms with Crippen molar-refractivity contribution in [2.75, 3.05) is 11.9 Å². The van der Waals surface area contributed by atoms with Crippen LogP contribution in [0.25, 0.3) is 11.1 Å². The molecule has 0 atom stereocenters. The van der Waals surface area contributed by atoms with Gasteiger partial charge >= 0.3 is 6.18 Å². The first-order chi connectivity index (χ1) is 14.8. The number of aromatic nitrogens is 1. The molecule has 0 aliphatic heterocycles. The van der Waals surface area contributed by atoms with Crippen LogP contribution in [0.15, 0.2) is 66.3 Å². The van der Waals surface area contributed by atoms with Crippen LogP contribution in [0.3, 0.4) is 0 Å². The van der Waals surface area contributed by atoms with Gasteiger partial charge in [0.1, 0.15) is 11.5 Å². The maximum absolute atomic E-state index is 13.2. The van der Waals surface area contributed by atoms with Crippen LogP contribution < -0.4 is 5.32 Å². The van der Waals surface area contributed by atoms with Crippen molar-refractivity contribution < 1.29 is 22.8 Å². The zero-order valence-corrected chi connectivity index (χ0v) is 17.3. The normalized spacial score (nSPS) is 11.5. The molecular formula is C22H18F3N3O2S. The van der Waals surface area contributed by atoms with Gasteiger partial charge in [-0.25, -0.2) is 4.98 Å². The molecule has 3 aromatic rings. The largest absolute Gasteiger partial charge is 0.435 e. The molecule has 0 fully saturated rings. The number of aryl methyl sites for hydroxylation is 1. The molecule has 2 aromatic carbocycles. The van der Waals surface area contributed by atoms with Gasteiger partial charge in [0.25, 0.3) is 5.91 Å². The van der Waals surface area contributed by atoms with E-state index in [-0.39, 0.29) is 5.01 Å². The Labute approximate surface area is 180 Å². The predicted octanol–water partition coefficient (Wildman–Crippen LogP) is 5.93. The molecule has 0 saturated heterocycles. The molecule has 3 rings (SSSR count). The van der Waals surface area contributed by atoms with Gasteiger partial charge in [-0.15, -0.1) is 11.3 Å². The summed E-state index contributed by atoms with van der Waals surface area (Å²) in [6, 6.07) is 14.1. The Hall–Kier alpha value is -3.46. The third-order valence-electron chi connectivity index (χ3n) is 4.07. The number of oxime groups is 1. The summed E-state index contributed by atoms with van der Waals surface area (Å²) < 4.78 is 39.6. The van der Waals surface area contributed by atoms with Crippen LogP contribution >= 0.6 is 11.3 Å².